The molecule has 0 spiro atoms. The lowest BCUT2D eigenvalue weighted by molar-refractivity contribution is -0.139. The van der Waals surface area contributed by atoms with E-state index in [9.17, 15) is 18.0 Å². The second kappa shape index (κ2) is 12.4. The first-order valence-electron chi connectivity index (χ1n) is 11.7. The summed E-state index contributed by atoms with van der Waals surface area (Å²) in [6.45, 7) is 4.77. The number of carbonyl (C=O) groups is 2. The van der Waals surface area contributed by atoms with Crippen LogP contribution in [0, 0.1) is 0 Å². The van der Waals surface area contributed by atoms with Crippen LogP contribution in [0.1, 0.15) is 26.3 Å². The van der Waals surface area contributed by atoms with E-state index < -0.39 is 28.5 Å². The number of hydrogen-bond donors (Lipinski definition) is 1. The Morgan fingerprint density at radius 2 is 1.46 bits per heavy atom. The van der Waals surface area contributed by atoms with E-state index in [2.05, 4.69) is 5.32 Å². The maximum Gasteiger partial charge on any atom is 0.264 e. The molecule has 10 heteroatoms. The lowest BCUT2D eigenvalue weighted by Crippen LogP contribution is -2.52. The number of halogens is 2. The first-order chi connectivity index (χ1) is 17.5. The molecule has 3 aromatic carbocycles. The molecule has 2 amide bonds. The third-order valence-corrected chi connectivity index (χ3v) is 8.19. The van der Waals surface area contributed by atoms with Crippen molar-refractivity contribution >= 4 is 50.7 Å². The molecule has 0 saturated carbocycles. The van der Waals surface area contributed by atoms with Gasteiger partial charge in [-0.2, -0.15) is 0 Å². The zero-order valence-corrected chi connectivity index (χ0v) is 23.1. The van der Waals surface area contributed by atoms with Gasteiger partial charge in [-0.15, -0.1) is 0 Å². The van der Waals surface area contributed by atoms with Crippen molar-refractivity contribution in [2.45, 2.75) is 44.3 Å². The smallest absolute Gasteiger partial charge is 0.264 e. The van der Waals surface area contributed by atoms with E-state index in [-0.39, 0.29) is 39.1 Å². The highest BCUT2D eigenvalue weighted by molar-refractivity contribution is 7.92. The molecule has 196 valence electrons. The Morgan fingerprint density at radius 3 is 2.05 bits per heavy atom. The Hall–Kier alpha value is -3.07. The number of amides is 2. The molecular formula is C27H29Cl2N3O4S. The Bertz CT molecular complexity index is 1340. The van der Waals surface area contributed by atoms with Gasteiger partial charge < -0.3 is 10.2 Å². The molecular weight excluding hydrogens is 533 g/mol. The number of rotatable bonds is 10. The molecule has 3 aromatic rings. The summed E-state index contributed by atoms with van der Waals surface area (Å²) in [5.74, 6) is -0.927. The number of sulfonamides is 1. The second-order valence-electron chi connectivity index (χ2n) is 8.74. The molecule has 0 aliphatic carbocycles. The highest BCUT2D eigenvalue weighted by Crippen LogP contribution is 2.35. The molecule has 1 N–H and O–H groups in total. The van der Waals surface area contributed by atoms with Crippen LogP contribution >= 0.6 is 23.2 Å². The molecule has 0 unspecified atom stereocenters. The van der Waals surface area contributed by atoms with Crippen molar-refractivity contribution in [2.24, 2.45) is 0 Å². The molecule has 0 radical (unpaired) electrons. The molecule has 0 heterocycles. The topological polar surface area (TPSA) is 86.8 Å². The van der Waals surface area contributed by atoms with Gasteiger partial charge in [0.1, 0.15) is 12.6 Å². The van der Waals surface area contributed by atoms with Crippen LogP contribution < -0.4 is 9.62 Å². The van der Waals surface area contributed by atoms with Gasteiger partial charge in [-0.1, -0.05) is 77.8 Å². The Labute approximate surface area is 228 Å². The van der Waals surface area contributed by atoms with Gasteiger partial charge in [0.25, 0.3) is 10.0 Å². The highest BCUT2D eigenvalue weighted by Gasteiger charge is 2.33. The zero-order chi connectivity index (χ0) is 27.2. The van der Waals surface area contributed by atoms with Gasteiger partial charge >= 0.3 is 0 Å². The second-order valence-corrected chi connectivity index (χ2v) is 11.4. The van der Waals surface area contributed by atoms with Gasteiger partial charge in [-0.3, -0.25) is 13.9 Å². The molecule has 3 rings (SSSR count). The zero-order valence-electron chi connectivity index (χ0n) is 20.8. The standard InChI is InChI=1S/C27H29Cl2N3O4S/c1-19(2)30-27(34)20(3)31(17-21-11-6-4-7-12-21)25(33)18-32(24-16-10-15-23(28)26(24)29)37(35,36)22-13-8-5-9-14-22/h4-16,19-20H,17-18H2,1-3H3,(H,30,34)/t20-/m1/s1. The summed E-state index contributed by atoms with van der Waals surface area (Å²) in [5.41, 5.74) is 0.851. The van der Waals surface area contributed by atoms with E-state index in [1.807, 2.05) is 44.2 Å². The SMILES string of the molecule is CC(C)NC(=O)[C@@H](C)N(Cc1ccccc1)C(=O)CN(c1cccc(Cl)c1Cl)S(=O)(=O)c1ccccc1. The summed E-state index contributed by atoms with van der Waals surface area (Å²) in [7, 11) is -4.22. The summed E-state index contributed by atoms with van der Waals surface area (Å²) in [4.78, 5) is 28.0. The van der Waals surface area contributed by atoms with Crippen molar-refractivity contribution in [3.63, 3.8) is 0 Å². The molecule has 0 aliphatic rings. The minimum Gasteiger partial charge on any atom is -0.352 e. The predicted molar refractivity (Wildman–Crippen MR) is 147 cm³/mol. The van der Waals surface area contributed by atoms with Gasteiger partial charge in [0, 0.05) is 12.6 Å². The average Bonchev–Trinajstić information content (AvgIpc) is 2.88. The van der Waals surface area contributed by atoms with Crippen LogP contribution in [0.15, 0.2) is 83.8 Å². The van der Waals surface area contributed by atoms with Crippen LogP contribution in [0.5, 0.6) is 0 Å². The quantitative estimate of drug-likeness (QED) is 0.371. The molecule has 37 heavy (non-hydrogen) atoms. The van der Waals surface area contributed by atoms with Crippen LogP contribution in [-0.2, 0) is 26.2 Å². The van der Waals surface area contributed by atoms with Gasteiger partial charge in [0.05, 0.1) is 20.6 Å². The van der Waals surface area contributed by atoms with E-state index in [0.717, 1.165) is 9.87 Å². The normalized spacial score (nSPS) is 12.2. The van der Waals surface area contributed by atoms with Crippen LogP contribution in [0.4, 0.5) is 5.69 Å². The number of carbonyl (C=O) groups excluding carboxylic acids is 2. The van der Waals surface area contributed by atoms with Crippen LogP contribution in [0.3, 0.4) is 0 Å². The summed E-state index contributed by atoms with van der Waals surface area (Å²) in [5, 5.41) is 2.96. The highest BCUT2D eigenvalue weighted by atomic mass is 35.5. The Morgan fingerprint density at radius 1 is 0.865 bits per heavy atom. The van der Waals surface area contributed by atoms with Crippen molar-refractivity contribution in [1.82, 2.24) is 10.2 Å². The molecule has 0 aliphatic heterocycles. The van der Waals surface area contributed by atoms with Crippen molar-refractivity contribution in [1.29, 1.82) is 0 Å². The molecule has 1 atom stereocenters. The van der Waals surface area contributed by atoms with E-state index in [1.165, 1.54) is 29.2 Å². The largest absolute Gasteiger partial charge is 0.352 e. The lowest BCUT2D eigenvalue weighted by atomic mass is 10.1. The monoisotopic (exact) mass is 561 g/mol. The molecule has 0 saturated heterocycles. The van der Waals surface area contributed by atoms with E-state index >= 15 is 0 Å². The average molecular weight is 563 g/mol. The third kappa shape index (κ3) is 7.03. The lowest BCUT2D eigenvalue weighted by Gasteiger charge is -2.32. The number of hydrogen-bond acceptors (Lipinski definition) is 4. The number of nitrogens with one attached hydrogen (secondary N) is 1. The third-order valence-electron chi connectivity index (χ3n) is 5.60. The van der Waals surface area contributed by atoms with Gasteiger partial charge in [0.2, 0.25) is 11.8 Å². The van der Waals surface area contributed by atoms with Crippen molar-refractivity contribution in [2.75, 3.05) is 10.8 Å². The molecule has 0 fully saturated rings. The first kappa shape index (κ1) is 28.5. The fourth-order valence-corrected chi connectivity index (χ4v) is 5.58. The van der Waals surface area contributed by atoms with E-state index in [4.69, 9.17) is 23.2 Å². The Balaban J connectivity index is 2.05. The van der Waals surface area contributed by atoms with E-state index in [1.54, 1.807) is 31.2 Å². The summed E-state index contributed by atoms with van der Waals surface area (Å²) >= 11 is 12.6. The van der Waals surface area contributed by atoms with Gasteiger partial charge in [-0.25, -0.2) is 8.42 Å². The number of anilines is 1. The fraction of sp³-hybridized carbons (Fsp3) is 0.259. The minimum absolute atomic E-state index is 0.00307. The number of benzene rings is 3. The van der Waals surface area contributed by atoms with Gasteiger partial charge in [-0.05, 0) is 50.6 Å². The van der Waals surface area contributed by atoms with Crippen LogP contribution in [0.2, 0.25) is 10.0 Å². The Kier molecular flexibility index (Phi) is 9.59. The summed E-state index contributed by atoms with van der Waals surface area (Å²) in [6.07, 6.45) is 0. The molecule has 7 nitrogen and oxygen atoms in total. The molecule has 0 aromatic heterocycles. The summed E-state index contributed by atoms with van der Waals surface area (Å²) < 4.78 is 28.4. The van der Waals surface area contributed by atoms with Gasteiger partial charge in [0.15, 0.2) is 0 Å². The first-order valence-corrected chi connectivity index (χ1v) is 13.9. The maximum atomic E-state index is 13.8. The maximum absolute atomic E-state index is 13.8. The minimum atomic E-state index is -4.22. The molecule has 0 bridgehead atoms. The van der Waals surface area contributed by atoms with Crippen molar-refractivity contribution in [3.8, 4) is 0 Å². The number of nitrogens with zero attached hydrogens (tertiary/aromatic N) is 2. The predicted octanol–water partition coefficient (Wildman–Crippen LogP) is 5.13. The van der Waals surface area contributed by atoms with Crippen molar-refractivity contribution in [3.05, 3.63) is 94.5 Å². The van der Waals surface area contributed by atoms with Crippen LogP contribution in [-0.4, -0.2) is 43.8 Å². The van der Waals surface area contributed by atoms with Crippen LogP contribution in [0.25, 0.3) is 0 Å². The fourth-order valence-electron chi connectivity index (χ4n) is 3.69. The summed E-state index contributed by atoms with van der Waals surface area (Å²) in [6, 6.07) is 20.5. The van der Waals surface area contributed by atoms with E-state index in [0.29, 0.717) is 0 Å². The van der Waals surface area contributed by atoms with Crippen molar-refractivity contribution < 1.29 is 18.0 Å².